The Hall–Kier alpha value is -4.03. The SMILES string of the molecule is C.C.C.CC.CC.CC.CC.CC.CC.CC.CC.CC.CC.CC.CC.[CH-]=C1C(=[CH-])C2CC3CCC4CC1C432.[CH-]=CC1=[C-]C2CC3CCC4CC1C234.[Y].[Y].c1cc2c3c(cccc3c1)C1=C2C2C3CCC2C13.c1cc2c3c(cccc3c1)C1=C2C2CC3CCC4CC1C342.c1cc2c3c(cccc3c1)C1CC3CCC4CC2C431.c1ccc2c(c1)C1C3CCC1C23. The maximum Gasteiger partial charge on any atom is 0 e. The summed E-state index contributed by atoms with van der Waals surface area (Å²) in [6.07, 6.45) is 35.0. The number of hydrogen-bond acceptors (Lipinski definition) is 0. The summed E-state index contributed by atoms with van der Waals surface area (Å²) in [5.74, 6) is 23.0. The normalized spacial score (nSPS) is 37.0. The molecule has 0 nitrogen and oxygen atoms in total. The van der Waals surface area contributed by atoms with Crippen LogP contribution in [0.2, 0.25) is 0 Å². The van der Waals surface area contributed by atoms with Crippen molar-refractivity contribution in [1.82, 2.24) is 0 Å². The topological polar surface area (TPSA) is 0 Å². The number of rotatable bonds is 1. The molecule has 125 heavy (non-hydrogen) atoms. The number of hydrogen-bond donors (Lipinski definition) is 0. The average Bonchev–Trinajstić information content (AvgIpc) is 1.48. The molecule has 0 amide bonds. The molecule has 0 aliphatic heterocycles. The van der Waals surface area contributed by atoms with Gasteiger partial charge in [-0.15, -0.1) is 23.7 Å². The average molecular weight is 1830 g/mol. The molecule has 7 aromatic rings. The minimum Gasteiger partial charge on any atom is -0.394 e. The van der Waals surface area contributed by atoms with Crippen molar-refractivity contribution >= 4 is 54.6 Å². The van der Waals surface area contributed by atoms with Crippen LogP contribution in [-0.2, 0) is 65.4 Å². The molecule has 0 N–H and O–H groups in total. The maximum atomic E-state index is 6.09. The molecule has 19 saturated carbocycles. The molecule has 676 valence electrons. The first-order valence-corrected chi connectivity index (χ1v) is 51.9. The second-order valence-electron chi connectivity index (χ2n) is 37.3. The number of benzene rings is 7. The summed E-state index contributed by atoms with van der Waals surface area (Å²) in [6.45, 7) is 65.8. The fourth-order valence-electron chi connectivity index (χ4n) is 34.0. The van der Waals surface area contributed by atoms with Crippen LogP contribution in [0, 0.1) is 166 Å². The Kier molecular flexibility index (Phi) is 35.9. The maximum absolute atomic E-state index is 6.09. The van der Waals surface area contributed by atoms with E-state index >= 15 is 0 Å². The second-order valence-corrected chi connectivity index (χ2v) is 37.3. The Bertz CT molecular complexity index is 4660. The minimum atomic E-state index is 0. The van der Waals surface area contributed by atoms with Gasteiger partial charge in [0.15, 0.2) is 0 Å². The minimum absolute atomic E-state index is 0. The zero-order valence-electron chi connectivity index (χ0n) is 81.2. The quantitative estimate of drug-likeness (QED) is 0.144. The molecular weight excluding hydrogens is 1660 g/mol. The van der Waals surface area contributed by atoms with Crippen LogP contribution in [0.3, 0.4) is 0 Å². The van der Waals surface area contributed by atoms with Gasteiger partial charge in [-0.1, -0.05) is 348 Å². The molecule has 0 aromatic heterocycles. The molecule has 17 unspecified atom stereocenters. The van der Waals surface area contributed by atoms with Gasteiger partial charge in [-0.2, -0.15) is 0 Å². The summed E-state index contributed by atoms with van der Waals surface area (Å²) in [4.78, 5) is 0. The van der Waals surface area contributed by atoms with Crippen LogP contribution >= 0.6 is 0 Å². The van der Waals surface area contributed by atoms with Crippen molar-refractivity contribution in [3.05, 3.63) is 227 Å². The molecular formula is C123H174Y2-4. The molecule has 17 atom stereocenters. The molecule has 2 heteroatoms. The fourth-order valence-corrected chi connectivity index (χ4v) is 34.0. The van der Waals surface area contributed by atoms with E-state index in [0.717, 1.165) is 152 Å². The van der Waals surface area contributed by atoms with E-state index in [2.05, 4.69) is 140 Å². The monoisotopic (exact) mass is 1830 g/mol. The molecule has 28 aliphatic rings. The van der Waals surface area contributed by atoms with E-state index in [4.69, 9.17) is 19.7 Å². The van der Waals surface area contributed by atoms with Gasteiger partial charge in [0.2, 0.25) is 0 Å². The summed E-state index contributed by atoms with van der Waals surface area (Å²) in [7, 11) is 0. The third-order valence-electron chi connectivity index (χ3n) is 36.8. The van der Waals surface area contributed by atoms with Crippen LogP contribution < -0.4 is 0 Å². The van der Waals surface area contributed by atoms with Gasteiger partial charge in [-0.3, -0.25) is 0 Å². The van der Waals surface area contributed by atoms with Gasteiger partial charge in [-0.05, 0) is 342 Å². The molecule has 7 aromatic carbocycles. The summed E-state index contributed by atoms with van der Waals surface area (Å²) >= 11 is 0. The summed E-state index contributed by atoms with van der Waals surface area (Å²) in [5.41, 5.74) is 26.6. The van der Waals surface area contributed by atoms with E-state index in [1.54, 1.807) is 83.0 Å². The fraction of sp³-hybridized carbons (Fsp3) is 0.610. The molecule has 0 saturated heterocycles. The van der Waals surface area contributed by atoms with Crippen LogP contribution in [0.15, 0.2) is 156 Å². The Morgan fingerprint density at radius 3 is 0.856 bits per heavy atom. The summed E-state index contributed by atoms with van der Waals surface area (Å²) in [5, 5.41) is 9.13. The van der Waals surface area contributed by atoms with E-state index in [1.165, 1.54) is 150 Å². The molecule has 2 radical (unpaired) electrons. The van der Waals surface area contributed by atoms with Crippen molar-refractivity contribution in [3.63, 3.8) is 0 Å². The van der Waals surface area contributed by atoms with Gasteiger partial charge < -0.3 is 48.6 Å². The second kappa shape index (κ2) is 42.9. The molecule has 8 bridgehead atoms. The number of allylic oxidation sites excluding steroid dienone is 9. The predicted molar refractivity (Wildman–Crippen MR) is 542 cm³/mol. The molecule has 4 spiro atoms. The van der Waals surface area contributed by atoms with Crippen molar-refractivity contribution in [1.29, 1.82) is 0 Å². The van der Waals surface area contributed by atoms with E-state index in [9.17, 15) is 0 Å². The Balaban J connectivity index is 0.000000162. The molecule has 0 heterocycles. The Morgan fingerprint density at radius 1 is 0.264 bits per heavy atom. The predicted octanol–water partition coefficient (Wildman–Crippen LogP) is 37.0. The van der Waals surface area contributed by atoms with Crippen molar-refractivity contribution < 1.29 is 65.4 Å². The van der Waals surface area contributed by atoms with Crippen LogP contribution in [0.25, 0.3) is 54.6 Å². The summed E-state index contributed by atoms with van der Waals surface area (Å²) in [6, 6.07) is 50.9. The molecule has 35 rings (SSSR count). The summed E-state index contributed by atoms with van der Waals surface area (Å²) < 4.78 is 0. The van der Waals surface area contributed by atoms with Gasteiger partial charge in [0.05, 0.1) is 0 Å². The first-order chi connectivity index (χ1) is 59.4. The van der Waals surface area contributed by atoms with Gasteiger partial charge in [-0.25, -0.2) is 0 Å². The first-order valence-electron chi connectivity index (χ1n) is 51.9. The van der Waals surface area contributed by atoms with Crippen molar-refractivity contribution in [2.75, 3.05) is 0 Å². The van der Waals surface area contributed by atoms with Crippen LogP contribution in [0.5, 0.6) is 0 Å². The molecule has 28 aliphatic carbocycles. The zero-order chi connectivity index (χ0) is 86.1. The number of fused-ring (bicyclic) bond motifs is 8. The third kappa shape index (κ3) is 13.9. The third-order valence-corrected chi connectivity index (χ3v) is 36.8. The van der Waals surface area contributed by atoms with E-state index in [-0.39, 0.29) is 87.7 Å². The van der Waals surface area contributed by atoms with Crippen LogP contribution in [-0.4, -0.2) is 0 Å². The van der Waals surface area contributed by atoms with Gasteiger partial charge in [0, 0.05) is 65.4 Å². The van der Waals surface area contributed by atoms with Gasteiger partial charge in [0.1, 0.15) is 0 Å². The van der Waals surface area contributed by atoms with Crippen molar-refractivity contribution in [3.8, 4) is 0 Å². The van der Waals surface area contributed by atoms with Crippen molar-refractivity contribution in [2.45, 2.75) is 341 Å². The standard InChI is InChI=1S/C21H18.C19H18.C18H14.2C13H14.C12H12.12C2H6.3CH4.2Y/c1-3-11-4-2-6-15-18(11)14(5-1)19-16-9-12-7-8-13-10-17(20(15)19)21(12,13)16;1-3-11-4-2-6-15-17-10-13-8-7-12-9-16(19(12,13)17)14(5-1)18(11)15;1-3-9-4-2-6-11-14(9)10(5-1)17-15-12-7-8-13(15)16(12)18(11)17;1-7-8(2)12-6-10-4-3-9-5-11(7)13(9,10)12;1-2-8-5-11-6-9-3-4-10-7-12(8)13(9,10)11;1-2-4-8-7(3-1)11-9-5-6-10(11)12(8)9;12*1-2;;;;;/h1-6,12-13,16-17H,7-10H2;1-6,12-13,16-17H,7-10H2;1-6,12-13,15-16H,7-8H2;1-2,9-12H,3-6H2;1-2,9-12H,3-4,6-7H2;1-4,9-12H,5-6H2;12*1-2H3;3*1H4;;/q;;;2*-2;;;;;;;;;;;;;;;;;;. The van der Waals surface area contributed by atoms with Gasteiger partial charge >= 0.3 is 0 Å². The van der Waals surface area contributed by atoms with Gasteiger partial charge in [0.25, 0.3) is 0 Å². The zero-order valence-corrected chi connectivity index (χ0v) is 86.8. The first kappa shape index (κ1) is 105. The Morgan fingerprint density at radius 2 is 0.520 bits per heavy atom. The smallest absolute Gasteiger partial charge is 0 e. The van der Waals surface area contributed by atoms with Crippen LogP contribution in [0.4, 0.5) is 0 Å². The van der Waals surface area contributed by atoms with E-state index in [0.29, 0.717) is 22.7 Å². The van der Waals surface area contributed by atoms with Crippen molar-refractivity contribution in [2.24, 2.45) is 140 Å². The van der Waals surface area contributed by atoms with Crippen LogP contribution in [0.1, 0.15) is 385 Å². The largest absolute Gasteiger partial charge is 0.394 e. The van der Waals surface area contributed by atoms with E-state index < -0.39 is 0 Å². The Labute approximate surface area is 819 Å². The van der Waals surface area contributed by atoms with E-state index in [1.807, 2.05) is 172 Å². The molecule has 19 fully saturated rings.